The Morgan fingerprint density at radius 3 is 2.82 bits per heavy atom. The van der Waals surface area contributed by atoms with Gasteiger partial charge in [-0.05, 0) is 30.5 Å². The zero-order chi connectivity index (χ0) is 16.1. The van der Waals surface area contributed by atoms with Crippen molar-refractivity contribution < 1.29 is 28.6 Å². The maximum absolute atomic E-state index is 13.7. The van der Waals surface area contributed by atoms with Gasteiger partial charge in [-0.2, -0.15) is 0 Å². The van der Waals surface area contributed by atoms with Crippen molar-refractivity contribution in [3.8, 4) is 5.75 Å². The number of methoxy groups -OCH3 is 1. The number of carbonyl (C=O) groups excluding carboxylic acids is 1. The van der Waals surface area contributed by atoms with Crippen LogP contribution >= 0.6 is 0 Å². The molecular weight excluding hydrogens is 293 g/mol. The topological polar surface area (TPSA) is 84.9 Å². The first-order valence-corrected chi connectivity index (χ1v) is 6.97. The normalized spacial score (nSPS) is 19.3. The van der Waals surface area contributed by atoms with Crippen LogP contribution < -0.4 is 10.1 Å². The Kier molecular flexibility index (Phi) is 5.32. The summed E-state index contributed by atoms with van der Waals surface area (Å²) in [5.41, 5.74) is 0.149. The summed E-state index contributed by atoms with van der Waals surface area (Å²) in [6.45, 7) is 0.880. The molecule has 0 aliphatic carbocycles. The Balaban J connectivity index is 2.14. The van der Waals surface area contributed by atoms with Gasteiger partial charge in [-0.25, -0.2) is 9.18 Å². The lowest BCUT2D eigenvalue weighted by Gasteiger charge is -2.23. The molecule has 2 rings (SSSR count). The standard InChI is InChI=1S/C15H18FNO5/c1-21-12-5-4-9(7-11(12)16)13(15(19)20)17-14(18)10-3-2-6-22-8-10/h4-5,7,10,13H,2-3,6,8H2,1H3,(H,17,18)(H,19,20). The maximum Gasteiger partial charge on any atom is 0.330 e. The molecule has 120 valence electrons. The number of nitrogens with one attached hydrogen (secondary N) is 1. The van der Waals surface area contributed by atoms with Gasteiger partial charge in [-0.15, -0.1) is 0 Å². The molecule has 22 heavy (non-hydrogen) atoms. The van der Waals surface area contributed by atoms with Gasteiger partial charge in [0.2, 0.25) is 5.91 Å². The number of benzene rings is 1. The van der Waals surface area contributed by atoms with E-state index in [2.05, 4.69) is 5.32 Å². The van der Waals surface area contributed by atoms with Crippen molar-refractivity contribution in [2.24, 2.45) is 5.92 Å². The van der Waals surface area contributed by atoms with E-state index in [4.69, 9.17) is 9.47 Å². The van der Waals surface area contributed by atoms with Gasteiger partial charge in [0.05, 0.1) is 19.6 Å². The fourth-order valence-corrected chi connectivity index (χ4v) is 2.36. The van der Waals surface area contributed by atoms with Gasteiger partial charge in [0.25, 0.3) is 0 Å². The highest BCUT2D eigenvalue weighted by Gasteiger charge is 2.28. The largest absolute Gasteiger partial charge is 0.494 e. The fraction of sp³-hybridized carbons (Fsp3) is 0.467. The number of hydrogen-bond acceptors (Lipinski definition) is 4. The van der Waals surface area contributed by atoms with Crippen LogP contribution in [0.3, 0.4) is 0 Å². The van der Waals surface area contributed by atoms with E-state index in [0.717, 1.165) is 12.5 Å². The van der Waals surface area contributed by atoms with Crippen molar-refractivity contribution in [3.63, 3.8) is 0 Å². The number of carboxylic acids is 1. The van der Waals surface area contributed by atoms with Crippen LogP contribution in [0.2, 0.25) is 0 Å². The van der Waals surface area contributed by atoms with Crippen LogP contribution in [0, 0.1) is 11.7 Å². The number of hydrogen-bond donors (Lipinski definition) is 2. The second kappa shape index (κ2) is 7.22. The molecule has 1 heterocycles. The number of aliphatic carboxylic acids is 1. The van der Waals surface area contributed by atoms with E-state index in [9.17, 15) is 19.1 Å². The quantitative estimate of drug-likeness (QED) is 0.861. The summed E-state index contributed by atoms with van der Waals surface area (Å²) in [6, 6.07) is 2.49. The average molecular weight is 311 g/mol. The Bertz CT molecular complexity index is 557. The molecular formula is C15H18FNO5. The van der Waals surface area contributed by atoms with Crippen LogP contribution in [0.1, 0.15) is 24.4 Å². The molecule has 2 unspecified atom stereocenters. The molecule has 1 aromatic rings. The van der Waals surface area contributed by atoms with Gasteiger partial charge < -0.3 is 19.9 Å². The molecule has 1 fully saturated rings. The summed E-state index contributed by atoms with van der Waals surface area (Å²) >= 11 is 0. The fourth-order valence-electron chi connectivity index (χ4n) is 2.36. The average Bonchev–Trinajstić information content (AvgIpc) is 2.52. The Hall–Kier alpha value is -2.15. The van der Waals surface area contributed by atoms with Gasteiger partial charge in [0, 0.05) is 6.61 Å². The number of rotatable bonds is 5. The summed E-state index contributed by atoms with van der Waals surface area (Å²) in [7, 11) is 1.32. The van der Waals surface area contributed by atoms with Gasteiger partial charge in [0.15, 0.2) is 17.6 Å². The van der Waals surface area contributed by atoms with E-state index in [1.165, 1.54) is 19.2 Å². The van der Waals surface area contributed by atoms with Crippen LogP contribution in [-0.4, -0.2) is 37.3 Å². The third kappa shape index (κ3) is 3.73. The molecule has 6 nitrogen and oxygen atoms in total. The highest BCUT2D eigenvalue weighted by Crippen LogP contribution is 2.23. The zero-order valence-corrected chi connectivity index (χ0v) is 12.2. The first-order chi connectivity index (χ1) is 10.5. The zero-order valence-electron chi connectivity index (χ0n) is 12.2. The van der Waals surface area contributed by atoms with E-state index in [1.54, 1.807) is 0 Å². The maximum atomic E-state index is 13.7. The van der Waals surface area contributed by atoms with E-state index in [-0.39, 0.29) is 23.8 Å². The second-order valence-electron chi connectivity index (χ2n) is 5.09. The first-order valence-electron chi connectivity index (χ1n) is 6.97. The lowest BCUT2D eigenvalue weighted by molar-refractivity contribution is -0.143. The van der Waals surface area contributed by atoms with E-state index >= 15 is 0 Å². The van der Waals surface area contributed by atoms with Crippen LogP contribution in [0.5, 0.6) is 5.75 Å². The van der Waals surface area contributed by atoms with Crippen LogP contribution in [0.15, 0.2) is 18.2 Å². The Morgan fingerprint density at radius 2 is 2.27 bits per heavy atom. The Morgan fingerprint density at radius 1 is 1.50 bits per heavy atom. The van der Waals surface area contributed by atoms with E-state index in [0.29, 0.717) is 13.0 Å². The minimum Gasteiger partial charge on any atom is -0.494 e. The molecule has 1 aliphatic rings. The molecule has 0 saturated carbocycles. The van der Waals surface area contributed by atoms with Gasteiger partial charge in [-0.1, -0.05) is 6.07 Å². The smallest absolute Gasteiger partial charge is 0.330 e. The molecule has 0 bridgehead atoms. The molecule has 0 radical (unpaired) electrons. The van der Waals surface area contributed by atoms with E-state index < -0.39 is 23.7 Å². The number of carboxylic acid groups (broad SMARTS) is 1. The molecule has 1 aliphatic heterocycles. The molecule has 1 saturated heterocycles. The summed E-state index contributed by atoms with van der Waals surface area (Å²) in [5.74, 6) is -2.70. The lowest BCUT2D eigenvalue weighted by atomic mass is 9.99. The second-order valence-corrected chi connectivity index (χ2v) is 5.09. The van der Waals surface area contributed by atoms with Crippen molar-refractivity contribution in [2.45, 2.75) is 18.9 Å². The Labute approximate surface area is 127 Å². The predicted molar refractivity (Wildman–Crippen MR) is 75.0 cm³/mol. The third-order valence-corrected chi connectivity index (χ3v) is 3.57. The highest BCUT2D eigenvalue weighted by molar-refractivity contribution is 5.86. The third-order valence-electron chi connectivity index (χ3n) is 3.57. The van der Waals surface area contributed by atoms with Crippen molar-refractivity contribution in [1.29, 1.82) is 0 Å². The van der Waals surface area contributed by atoms with Gasteiger partial charge >= 0.3 is 5.97 Å². The van der Waals surface area contributed by atoms with E-state index in [1.807, 2.05) is 0 Å². The molecule has 2 N–H and O–H groups in total. The van der Waals surface area contributed by atoms with Crippen molar-refractivity contribution >= 4 is 11.9 Å². The number of amides is 1. The minimum absolute atomic E-state index is 0.0138. The van der Waals surface area contributed by atoms with Gasteiger partial charge in [-0.3, -0.25) is 4.79 Å². The number of halogens is 1. The molecule has 0 spiro atoms. The highest BCUT2D eigenvalue weighted by atomic mass is 19.1. The molecule has 7 heteroatoms. The molecule has 2 atom stereocenters. The first kappa shape index (κ1) is 16.2. The monoisotopic (exact) mass is 311 g/mol. The molecule has 1 aromatic carbocycles. The van der Waals surface area contributed by atoms with Crippen molar-refractivity contribution in [3.05, 3.63) is 29.6 Å². The molecule has 0 aromatic heterocycles. The summed E-state index contributed by atoms with van der Waals surface area (Å²) in [5, 5.41) is 11.7. The van der Waals surface area contributed by atoms with Crippen molar-refractivity contribution in [1.82, 2.24) is 5.32 Å². The SMILES string of the molecule is COc1ccc(C(NC(=O)C2CCCOC2)C(=O)O)cc1F. The van der Waals surface area contributed by atoms with Crippen molar-refractivity contribution in [2.75, 3.05) is 20.3 Å². The number of ether oxygens (including phenoxy) is 2. The van der Waals surface area contributed by atoms with Crippen LogP contribution in [0.25, 0.3) is 0 Å². The summed E-state index contributed by atoms with van der Waals surface area (Å²) in [4.78, 5) is 23.5. The summed E-state index contributed by atoms with van der Waals surface area (Å²) < 4.78 is 23.7. The van der Waals surface area contributed by atoms with Crippen LogP contribution in [0.4, 0.5) is 4.39 Å². The lowest BCUT2D eigenvalue weighted by Crippen LogP contribution is -2.40. The number of carbonyl (C=O) groups is 2. The summed E-state index contributed by atoms with van der Waals surface area (Å²) in [6.07, 6.45) is 1.40. The predicted octanol–water partition coefficient (Wildman–Crippen LogP) is 1.50. The van der Waals surface area contributed by atoms with Gasteiger partial charge in [0.1, 0.15) is 0 Å². The minimum atomic E-state index is -1.31. The van der Waals surface area contributed by atoms with Crippen LogP contribution in [-0.2, 0) is 14.3 Å². The molecule has 1 amide bonds.